The van der Waals surface area contributed by atoms with Gasteiger partial charge in [-0.3, -0.25) is 9.59 Å². The Morgan fingerprint density at radius 3 is 2.43 bits per heavy atom. The van der Waals surface area contributed by atoms with Crippen LogP contribution in [0.4, 0.5) is 0 Å². The largest absolute Gasteiger partial charge is 0.371 e. The standard InChI is InChI=1S/C9H14N2O3/c1-2-10-4-9(13)11(5-8(10)12)3-7-6-14-7/h7H,2-6H2,1H3. The van der Waals surface area contributed by atoms with Crippen LogP contribution < -0.4 is 0 Å². The molecule has 14 heavy (non-hydrogen) atoms. The molecule has 5 nitrogen and oxygen atoms in total. The van der Waals surface area contributed by atoms with Crippen molar-refractivity contribution in [2.24, 2.45) is 0 Å². The van der Waals surface area contributed by atoms with E-state index < -0.39 is 0 Å². The molecule has 0 spiro atoms. The van der Waals surface area contributed by atoms with E-state index in [1.807, 2.05) is 6.92 Å². The van der Waals surface area contributed by atoms with Gasteiger partial charge in [0.2, 0.25) is 11.8 Å². The summed E-state index contributed by atoms with van der Waals surface area (Å²) in [5, 5.41) is 0. The van der Waals surface area contributed by atoms with Crippen molar-refractivity contribution >= 4 is 11.8 Å². The SMILES string of the molecule is CCN1CC(=O)N(CC2CO2)CC1=O. The van der Waals surface area contributed by atoms with Gasteiger partial charge in [0, 0.05) is 13.1 Å². The zero-order valence-electron chi connectivity index (χ0n) is 8.23. The monoisotopic (exact) mass is 198 g/mol. The van der Waals surface area contributed by atoms with Gasteiger partial charge in [0.15, 0.2) is 0 Å². The van der Waals surface area contributed by atoms with Crippen molar-refractivity contribution in [2.75, 3.05) is 32.8 Å². The van der Waals surface area contributed by atoms with Gasteiger partial charge in [-0.25, -0.2) is 0 Å². The molecule has 2 aliphatic heterocycles. The molecule has 1 unspecified atom stereocenters. The topological polar surface area (TPSA) is 53.2 Å². The van der Waals surface area contributed by atoms with E-state index in [1.54, 1.807) is 9.80 Å². The molecule has 2 saturated heterocycles. The first kappa shape index (κ1) is 9.45. The van der Waals surface area contributed by atoms with Gasteiger partial charge in [0.25, 0.3) is 0 Å². The van der Waals surface area contributed by atoms with E-state index in [9.17, 15) is 9.59 Å². The molecule has 2 rings (SSSR count). The lowest BCUT2D eigenvalue weighted by atomic mass is 10.2. The molecule has 2 fully saturated rings. The fourth-order valence-corrected chi connectivity index (χ4v) is 1.58. The van der Waals surface area contributed by atoms with Crippen LogP contribution in [0.2, 0.25) is 0 Å². The van der Waals surface area contributed by atoms with E-state index in [4.69, 9.17) is 4.74 Å². The van der Waals surface area contributed by atoms with Crippen LogP contribution in [0, 0.1) is 0 Å². The third-order valence-electron chi connectivity index (χ3n) is 2.57. The van der Waals surface area contributed by atoms with Gasteiger partial charge in [0.1, 0.15) is 0 Å². The van der Waals surface area contributed by atoms with E-state index in [1.165, 1.54) is 0 Å². The van der Waals surface area contributed by atoms with Crippen LogP contribution in [0.15, 0.2) is 0 Å². The van der Waals surface area contributed by atoms with E-state index >= 15 is 0 Å². The lowest BCUT2D eigenvalue weighted by Gasteiger charge is -2.32. The molecule has 78 valence electrons. The summed E-state index contributed by atoms with van der Waals surface area (Å²) < 4.78 is 5.03. The molecule has 0 aromatic rings. The van der Waals surface area contributed by atoms with Gasteiger partial charge in [-0.2, -0.15) is 0 Å². The van der Waals surface area contributed by atoms with Gasteiger partial charge in [-0.1, -0.05) is 0 Å². The maximum Gasteiger partial charge on any atom is 0.242 e. The minimum absolute atomic E-state index is 0.0296. The van der Waals surface area contributed by atoms with Crippen molar-refractivity contribution in [2.45, 2.75) is 13.0 Å². The summed E-state index contributed by atoms with van der Waals surface area (Å²) >= 11 is 0. The van der Waals surface area contributed by atoms with Crippen LogP contribution in [-0.2, 0) is 14.3 Å². The fraction of sp³-hybridized carbons (Fsp3) is 0.778. The van der Waals surface area contributed by atoms with Crippen molar-refractivity contribution < 1.29 is 14.3 Å². The number of hydrogen-bond donors (Lipinski definition) is 0. The Labute approximate surface area is 82.6 Å². The van der Waals surface area contributed by atoms with Gasteiger partial charge >= 0.3 is 0 Å². The van der Waals surface area contributed by atoms with Crippen molar-refractivity contribution in [1.29, 1.82) is 0 Å². The predicted molar refractivity (Wildman–Crippen MR) is 48.6 cm³/mol. The molecule has 1 atom stereocenters. The Balaban J connectivity index is 1.93. The van der Waals surface area contributed by atoms with E-state index in [0.717, 1.165) is 6.61 Å². The second kappa shape index (κ2) is 3.57. The van der Waals surface area contributed by atoms with Crippen LogP contribution in [-0.4, -0.2) is 60.5 Å². The van der Waals surface area contributed by atoms with Crippen LogP contribution >= 0.6 is 0 Å². The van der Waals surface area contributed by atoms with Crippen LogP contribution in [0.3, 0.4) is 0 Å². The van der Waals surface area contributed by atoms with E-state index in [2.05, 4.69) is 0 Å². The third kappa shape index (κ3) is 1.87. The zero-order valence-corrected chi connectivity index (χ0v) is 8.23. The molecule has 0 saturated carbocycles. The molecule has 0 bridgehead atoms. The number of hydrogen-bond acceptors (Lipinski definition) is 3. The van der Waals surface area contributed by atoms with Gasteiger partial charge in [-0.15, -0.1) is 0 Å². The first-order chi connectivity index (χ1) is 6.70. The van der Waals surface area contributed by atoms with Gasteiger partial charge in [0.05, 0.1) is 25.8 Å². The molecule has 2 heterocycles. The first-order valence-corrected chi connectivity index (χ1v) is 4.88. The average Bonchev–Trinajstić information content (AvgIpc) is 2.94. The smallest absolute Gasteiger partial charge is 0.242 e. The Morgan fingerprint density at radius 2 is 1.86 bits per heavy atom. The summed E-state index contributed by atoms with van der Waals surface area (Å²) in [7, 11) is 0. The Morgan fingerprint density at radius 1 is 1.29 bits per heavy atom. The normalized spacial score (nSPS) is 27.1. The second-order valence-corrected chi connectivity index (χ2v) is 3.64. The number of rotatable bonds is 3. The number of ether oxygens (including phenoxy) is 1. The second-order valence-electron chi connectivity index (χ2n) is 3.64. The number of likely N-dealkylation sites (N-methyl/N-ethyl adjacent to an activating group) is 1. The van der Waals surface area contributed by atoms with Gasteiger partial charge < -0.3 is 14.5 Å². The Hall–Kier alpha value is -1.10. The summed E-state index contributed by atoms with van der Waals surface area (Å²) in [5.74, 6) is 0.0645. The molecule has 0 aromatic heterocycles. The summed E-state index contributed by atoms with van der Waals surface area (Å²) in [5.41, 5.74) is 0. The summed E-state index contributed by atoms with van der Waals surface area (Å²) in [6, 6.07) is 0. The van der Waals surface area contributed by atoms with E-state index in [0.29, 0.717) is 13.1 Å². The highest BCUT2D eigenvalue weighted by atomic mass is 16.6. The third-order valence-corrected chi connectivity index (χ3v) is 2.57. The minimum Gasteiger partial charge on any atom is -0.371 e. The highest BCUT2D eigenvalue weighted by Gasteiger charge is 2.33. The molecular formula is C9H14N2O3. The molecule has 0 N–H and O–H groups in total. The molecule has 2 amide bonds. The quantitative estimate of drug-likeness (QED) is 0.551. The molecule has 0 aromatic carbocycles. The summed E-state index contributed by atoms with van der Waals surface area (Å²) in [6.07, 6.45) is 0.167. The molecular weight excluding hydrogens is 184 g/mol. The molecule has 5 heteroatoms. The van der Waals surface area contributed by atoms with Gasteiger partial charge in [-0.05, 0) is 6.92 Å². The lowest BCUT2D eigenvalue weighted by molar-refractivity contribution is -0.150. The van der Waals surface area contributed by atoms with Crippen molar-refractivity contribution in [1.82, 2.24) is 9.80 Å². The summed E-state index contributed by atoms with van der Waals surface area (Å²) in [6.45, 7) is 4.22. The highest BCUT2D eigenvalue weighted by molar-refractivity contribution is 5.92. The number of carbonyl (C=O) groups is 2. The van der Waals surface area contributed by atoms with Crippen molar-refractivity contribution in [3.05, 3.63) is 0 Å². The van der Waals surface area contributed by atoms with Crippen molar-refractivity contribution in [3.8, 4) is 0 Å². The molecule has 0 radical (unpaired) electrons. The number of carbonyl (C=O) groups excluding carboxylic acids is 2. The predicted octanol–water partition coefficient (Wildman–Crippen LogP) is -0.924. The maximum atomic E-state index is 11.5. The Kier molecular flexibility index (Phi) is 2.41. The average molecular weight is 198 g/mol. The van der Waals surface area contributed by atoms with Crippen LogP contribution in [0.25, 0.3) is 0 Å². The molecule has 2 aliphatic rings. The van der Waals surface area contributed by atoms with Crippen molar-refractivity contribution in [3.63, 3.8) is 0 Å². The van der Waals surface area contributed by atoms with Crippen LogP contribution in [0.1, 0.15) is 6.92 Å². The number of nitrogens with zero attached hydrogens (tertiary/aromatic N) is 2. The first-order valence-electron chi connectivity index (χ1n) is 4.88. The molecule has 0 aliphatic carbocycles. The van der Waals surface area contributed by atoms with Crippen LogP contribution in [0.5, 0.6) is 0 Å². The number of epoxide rings is 1. The van der Waals surface area contributed by atoms with E-state index in [-0.39, 0.29) is 31.0 Å². The fourth-order valence-electron chi connectivity index (χ4n) is 1.58. The highest BCUT2D eigenvalue weighted by Crippen LogP contribution is 2.13. The zero-order chi connectivity index (χ0) is 10.1. The Bertz CT molecular complexity index is 263. The minimum atomic E-state index is 0.0296. The number of piperazine rings is 1. The number of amides is 2. The maximum absolute atomic E-state index is 11.5. The summed E-state index contributed by atoms with van der Waals surface area (Å²) in [4.78, 5) is 26.2. The lowest BCUT2D eigenvalue weighted by Crippen LogP contribution is -2.54.